The monoisotopic (exact) mass is 576 g/mol. The van der Waals surface area contributed by atoms with Crippen LogP contribution in [-0.2, 0) is 6.54 Å². The Kier molecular flexibility index (Phi) is 6.53. The molecule has 0 aliphatic carbocycles. The van der Waals surface area contributed by atoms with Gasteiger partial charge in [0.2, 0.25) is 0 Å². The van der Waals surface area contributed by atoms with E-state index in [-0.39, 0.29) is 28.5 Å². The third-order valence-corrected chi connectivity index (χ3v) is 7.54. The Morgan fingerprint density at radius 2 is 1.70 bits per heavy atom. The van der Waals surface area contributed by atoms with Crippen LogP contribution in [0.1, 0.15) is 17.3 Å². The van der Waals surface area contributed by atoms with Crippen LogP contribution in [0.5, 0.6) is 5.75 Å². The zero-order valence-electron chi connectivity index (χ0n) is 23.5. The molecule has 0 aliphatic heterocycles. The highest BCUT2D eigenvalue weighted by Gasteiger charge is 2.20. The molecule has 1 amide bonds. The van der Waals surface area contributed by atoms with Crippen LogP contribution >= 0.6 is 0 Å². The minimum Gasteiger partial charge on any atom is -0.505 e. The van der Waals surface area contributed by atoms with E-state index in [0.717, 1.165) is 28.4 Å². The summed E-state index contributed by atoms with van der Waals surface area (Å²) in [6, 6.07) is 28.2. The van der Waals surface area contributed by atoms with Crippen molar-refractivity contribution in [3.8, 4) is 11.6 Å². The van der Waals surface area contributed by atoms with Gasteiger partial charge in [-0.25, -0.2) is 14.5 Å². The summed E-state index contributed by atoms with van der Waals surface area (Å²) in [5, 5.41) is 30.7. The van der Waals surface area contributed by atoms with Crippen molar-refractivity contribution in [3.63, 3.8) is 0 Å². The number of rotatable bonds is 6. The zero-order chi connectivity index (χ0) is 30.2. The van der Waals surface area contributed by atoms with E-state index < -0.39 is 5.91 Å². The number of hydrogen-bond acceptors (Lipinski definition) is 6. The number of aromatic nitrogens is 4. The second-order valence-corrected chi connectivity index (χ2v) is 10.1. The van der Waals surface area contributed by atoms with Gasteiger partial charge in [0.25, 0.3) is 11.6 Å². The molecule has 10 nitrogen and oxygen atoms in total. The second-order valence-electron chi connectivity index (χ2n) is 10.1. The van der Waals surface area contributed by atoms with Crippen LogP contribution in [0, 0.1) is 6.57 Å². The van der Waals surface area contributed by atoms with E-state index in [1.165, 1.54) is 10.9 Å². The summed E-state index contributed by atoms with van der Waals surface area (Å²) in [6.45, 7) is 10.5. The summed E-state index contributed by atoms with van der Waals surface area (Å²) in [6.07, 6.45) is 2.99. The van der Waals surface area contributed by atoms with E-state index in [2.05, 4.69) is 54.1 Å². The van der Waals surface area contributed by atoms with Gasteiger partial charge >= 0.3 is 0 Å². The number of carbonyl (C=O) groups is 1. The highest BCUT2D eigenvalue weighted by molar-refractivity contribution is 6.14. The number of carbonyl (C=O) groups excluding carboxylic acids is 1. The Morgan fingerprint density at radius 3 is 2.50 bits per heavy atom. The Morgan fingerprint density at radius 1 is 0.932 bits per heavy atom. The summed E-state index contributed by atoms with van der Waals surface area (Å²) in [5.41, 5.74) is 3.10. The maximum Gasteiger partial charge on any atom is 0.259 e. The quantitative estimate of drug-likeness (QED) is 0.153. The van der Waals surface area contributed by atoms with Crippen molar-refractivity contribution >= 4 is 61.4 Å². The standard InChI is InChI=1S/C34H24N8O2/c1-3-41-28-13-7-6-12-24(28)25-19-22(15-16-29(25)41)38-34(44)26-18-21-10-4-5-11-23(21)31(32(26)43)39-40-33-27(35-2)20-37-42(33)30-14-8-9-17-36-30/h4-20,43H,3H2,1H3,(H,38,44). The predicted octanol–water partition coefficient (Wildman–Crippen LogP) is 8.47. The van der Waals surface area contributed by atoms with E-state index in [1.807, 2.05) is 48.5 Å². The molecular weight excluding hydrogens is 552 g/mol. The summed E-state index contributed by atoms with van der Waals surface area (Å²) >= 11 is 0. The number of nitrogens with one attached hydrogen (secondary N) is 1. The first kappa shape index (κ1) is 26.6. The molecule has 0 spiro atoms. The van der Waals surface area contributed by atoms with Crippen LogP contribution in [0.2, 0.25) is 0 Å². The summed E-state index contributed by atoms with van der Waals surface area (Å²) in [7, 11) is 0. The molecule has 10 heteroatoms. The zero-order valence-corrected chi connectivity index (χ0v) is 23.5. The third kappa shape index (κ3) is 4.40. The average molecular weight is 577 g/mol. The van der Waals surface area contributed by atoms with Crippen molar-refractivity contribution in [3.05, 3.63) is 120 Å². The van der Waals surface area contributed by atoms with Gasteiger partial charge < -0.3 is 15.0 Å². The van der Waals surface area contributed by atoms with Crippen LogP contribution in [0.15, 0.2) is 114 Å². The van der Waals surface area contributed by atoms with Crippen LogP contribution in [0.25, 0.3) is 43.2 Å². The van der Waals surface area contributed by atoms with Gasteiger partial charge in [0.1, 0.15) is 5.69 Å². The van der Waals surface area contributed by atoms with Gasteiger partial charge in [-0.1, -0.05) is 48.5 Å². The fourth-order valence-electron chi connectivity index (χ4n) is 5.51. The predicted molar refractivity (Wildman–Crippen MR) is 170 cm³/mol. The molecule has 7 rings (SSSR count). The average Bonchev–Trinajstić information content (AvgIpc) is 3.62. The van der Waals surface area contributed by atoms with E-state index in [1.54, 1.807) is 36.5 Å². The van der Waals surface area contributed by atoms with Gasteiger partial charge in [0.05, 0.1) is 18.3 Å². The molecule has 0 atom stereocenters. The van der Waals surface area contributed by atoms with E-state index >= 15 is 0 Å². The molecule has 0 fully saturated rings. The first-order chi connectivity index (χ1) is 21.6. The number of hydrogen-bond donors (Lipinski definition) is 2. The van der Waals surface area contributed by atoms with E-state index in [0.29, 0.717) is 22.3 Å². The maximum atomic E-state index is 13.7. The summed E-state index contributed by atoms with van der Waals surface area (Å²) < 4.78 is 3.64. The van der Waals surface area contributed by atoms with Crippen LogP contribution in [0.3, 0.4) is 0 Å². The fourth-order valence-corrected chi connectivity index (χ4v) is 5.51. The number of phenols is 1. The van der Waals surface area contributed by atoms with Gasteiger partial charge in [0.15, 0.2) is 17.4 Å². The molecule has 0 aliphatic rings. The highest BCUT2D eigenvalue weighted by Crippen LogP contribution is 2.41. The van der Waals surface area contributed by atoms with Gasteiger partial charge in [-0.2, -0.15) is 5.10 Å². The van der Waals surface area contributed by atoms with E-state index in [9.17, 15) is 9.90 Å². The van der Waals surface area contributed by atoms with Gasteiger partial charge in [-0.3, -0.25) is 4.79 Å². The van der Waals surface area contributed by atoms with E-state index in [4.69, 9.17) is 6.57 Å². The Bertz CT molecular complexity index is 2290. The molecule has 7 aromatic rings. The normalized spacial score (nSPS) is 11.5. The molecule has 0 bridgehead atoms. The number of nitrogens with zero attached hydrogens (tertiary/aromatic N) is 7. The molecule has 212 valence electrons. The molecule has 3 heterocycles. The second kappa shape index (κ2) is 10.8. The largest absolute Gasteiger partial charge is 0.505 e. The van der Waals surface area contributed by atoms with Gasteiger partial charge in [0, 0.05) is 45.6 Å². The SMILES string of the molecule is [C-]#[N+]c1cnn(-c2ccccn2)c1N=Nc1c(O)c(C(=O)Nc2ccc3c(c2)c2ccccc2n3CC)cc2ccccc12. The van der Waals surface area contributed by atoms with Crippen molar-refractivity contribution in [2.75, 3.05) is 5.32 Å². The first-order valence-electron chi connectivity index (χ1n) is 13.9. The Hall–Kier alpha value is -6.34. The minimum absolute atomic E-state index is 0.0392. The number of benzene rings is 4. The molecule has 0 saturated carbocycles. The summed E-state index contributed by atoms with van der Waals surface area (Å²) in [5.74, 6) is -0.222. The smallest absolute Gasteiger partial charge is 0.259 e. The van der Waals surface area contributed by atoms with Gasteiger partial charge in [-0.05, 0) is 54.8 Å². The van der Waals surface area contributed by atoms with Crippen LogP contribution < -0.4 is 5.32 Å². The number of aromatic hydroxyl groups is 1. The lowest BCUT2D eigenvalue weighted by Gasteiger charge is -2.12. The number of para-hydroxylation sites is 1. The number of azo groups is 1. The number of anilines is 1. The minimum atomic E-state index is -0.497. The maximum absolute atomic E-state index is 13.7. The fraction of sp³-hybridized carbons (Fsp3) is 0.0588. The van der Waals surface area contributed by atoms with Crippen molar-refractivity contribution in [2.24, 2.45) is 10.2 Å². The van der Waals surface area contributed by atoms with Crippen molar-refractivity contribution in [1.82, 2.24) is 19.3 Å². The van der Waals surface area contributed by atoms with Crippen LogP contribution in [0.4, 0.5) is 22.9 Å². The highest BCUT2D eigenvalue weighted by atomic mass is 16.3. The lowest BCUT2D eigenvalue weighted by atomic mass is 10.0. The molecule has 3 aromatic heterocycles. The third-order valence-electron chi connectivity index (χ3n) is 7.54. The molecule has 2 N–H and O–H groups in total. The lowest BCUT2D eigenvalue weighted by molar-refractivity contribution is 0.102. The molecule has 0 radical (unpaired) electrons. The summed E-state index contributed by atoms with van der Waals surface area (Å²) in [4.78, 5) is 21.5. The van der Waals surface area contributed by atoms with Crippen molar-refractivity contribution in [1.29, 1.82) is 0 Å². The van der Waals surface area contributed by atoms with Crippen molar-refractivity contribution < 1.29 is 9.90 Å². The van der Waals surface area contributed by atoms with Gasteiger partial charge in [-0.15, -0.1) is 10.2 Å². The van der Waals surface area contributed by atoms with Crippen molar-refractivity contribution in [2.45, 2.75) is 13.5 Å². The number of aryl methyl sites for hydroxylation is 1. The number of pyridine rings is 1. The molecule has 4 aromatic carbocycles. The molecule has 0 unspecified atom stereocenters. The number of fused-ring (bicyclic) bond motifs is 4. The Labute approximate surface area is 251 Å². The Balaban J connectivity index is 1.29. The number of amides is 1. The molecule has 0 saturated heterocycles. The molecular formula is C34H24N8O2. The van der Waals surface area contributed by atoms with Crippen LogP contribution in [-0.4, -0.2) is 30.3 Å². The topological polar surface area (TPSA) is 114 Å². The molecule has 44 heavy (non-hydrogen) atoms. The lowest BCUT2D eigenvalue weighted by Crippen LogP contribution is -2.12. The number of phenolic OH excluding ortho intramolecular Hbond substituents is 1. The first-order valence-corrected chi connectivity index (χ1v) is 13.9.